The van der Waals surface area contributed by atoms with Crippen molar-refractivity contribution in [2.75, 3.05) is 0 Å². The van der Waals surface area contributed by atoms with E-state index in [1.54, 1.807) is 12.1 Å². The van der Waals surface area contributed by atoms with Crippen LogP contribution in [-0.2, 0) is 12.8 Å². The highest BCUT2D eigenvalue weighted by Gasteiger charge is 2.10. The molecular formula is C13H10N2O3. The molecule has 0 spiro atoms. The zero-order valence-electron chi connectivity index (χ0n) is 9.46. The minimum atomic E-state index is -1.10. The number of nitrogens with zero attached hydrogens (tertiary/aromatic N) is 2. The summed E-state index contributed by atoms with van der Waals surface area (Å²) in [7, 11) is 0. The molecule has 0 unspecified atom stereocenters. The van der Waals surface area contributed by atoms with Crippen LogP contribution in [-0.4, -0.2) is 16.2 Å². The van der Waals surface area contributed by atoms with Crippen molar-refractivity contribution < 1.29 is 14.4 Å². The van der Waals surface area contributed by atoms with Crippen molar-refractivity contribution in [3.8, 4) is 6.07 Å². The van der Waals surface area contributed by atoms with Crippen molar-refractivity contribution in [3.05, 3.63) is 52.9 Å². The number of nitriles is 1. The Morgan fingerprint density at radius 3 is 2.89 bits per heavy atom. The molecule has 0 amide bonds. The topological polar surface area (TPSA) is 87.1 Å². The Kier molecular flexibility index (Phi) is 3.39. The van der Waals surface area contributed by atoms with Gasteiger partial charge >= 0.3 is 5.97 Å². The van der Waals surface area contributed by atoms with E-state index in [0.29, 0.717) is 24.2 Å². The van der Waals surface area contributed by atoms with Crippen LogP contribution in [0.25, 0.3) is 0 Å². The van der Waals surface area contributed by atoms with E-state index in [-0.39, 0.29) is 5.69 Å². The first-order valence-corrected chi connectivity index (χ1v) is 5.37. The summed E-state index contributed by atoms with van der Waals surface area (Å²) in [5.74, 6) is -0.578. The minimum absolute atomic E-state index is 0.0872. The molecule has 18 heavy (non-hydrogen) atoms. The van der Waals surface area contributed by atoms with Gasteiger partial charge in [-0.05, 0) is 24.1 Å². The number of aryl methyl sites for hydroxylation is 2. The lowest BCUT2D eigenvalue weighted by molar-refractivity contribution is 0.0685. The molecule has 0 bridgehead atoms. The Bertz CT molecular complexity index is 611. The number of aromatic nitrogens is 1. The molecule has 0 aliphatic carbocycles. The van der Waals surface area contributed by atoms with Gasteiger partial charge in [0.25, 0.3) is 0 Å². The molecule has 1 N–H and O–H groups in total. The van der Waals surface area contributed by atoms with E-state index in [2.05, 4.69) is 11.2 Å². The average Bonchev–Trinajstić information content (AvgIpc) is 2.85. The molecule has 90 valence electrons. The molecule has 0 fully saturated rings. The van der Waals surface area contributed by atoms with Gasteiger partial charge in [-0.25, -0.2) is 4.79 Å². The second-order valence-electron chi connectivity index (χ2n) is 3.80. The summed E-state index contributed by atoms with van der Waals surface area (Å²) in [5.41, 5.74) is 1.52. The second-order valence-corrected chi connectivity index (χ2v) is 3.80. The fourth-order valence-corrected chi connectivity index (χ4v) is 1.60. The van der Waals surface area contributed by atoms with Crippen LogP contribution in [0.1, 0.15) is 27.4 Å². The van der Waals surface area contributed by atoms with Gasteiger partial charge in [-0.3, -0.25) is 0 Å². The summed E-state index contributed by atoms with van der Waals surface area (Å²) in [4.78, 5) is 10.6. The zero-order valence-corrected chi connectivity index (χ0v) is 9.46. The molecule has 2 aromatic rings. The Hall–Kier alpha value is -2.61. The third-order valence-electron chi connectivity index (χ3n) is 2.49. The Morgan fingerprint density at radius 1 is 1.39 bits per heavy atom. The first-order chi connectivity index (χ1) is 8.69. The highest BCUT2D eigenvalue weighted by Crippen LogP contribution is 2.10. The number of aromatic carboxylic acids is 1. The number of benzene rings is 1. The highest BCUT2D eigenvalue weighted by atomic mass is 16.5. The molecule has 1 aromatic heterocycles. The summed E-state index contributed by atoms with van der Waals surface area (Å²) < 4.78 is 4.91. The maximum absolute atomic E-state index is 10.6. The highest BCUT2D eigenvalue weighted by molar-refractivity contribution is 5.85. The first kappa shape index (κ1) is 11.9. The van der Waals surface area contributed by atoms with Crippen LogP contribution in [0.2, 0.25) is 0 Å². The smallest absolute Gasteiger partial charge is 0.358 e. The predicted octanol–water partition coefficient (Wildman–Crippen LogP) is 2.03. The minimum Gasteiger partial charge on any atom is -0.476 e. The summed E-state index contributed by atoms with van der Waals surface area (Å²) in [6.45, 7) is 0. The second kappa shape index (κ2) is 5.15. The fraction of sp³-hybridized carbons (Fsp3) is 0.154. The summed E-state index contributed by atoms with van der Waals surface area (Å²) in [6.07, 6.45) is 1.22. The van der Waals surface area contributed by atoms with Gasteiger partial charge in [-0.2, -0.15) is 5.26 Å². The van der Waals surface area contributed by atoms with E-state index in [1.165, 1.54) is 6.07 Å². The van der Waals surface area contributed by atoms with Crippen LogP contribution in [0, 0.1) is 11.3 Å². The van der Waals surface area contributed by atoms with Crippen LogP contribution in [0.4, 0.5) is 0 Å². The lowest BCUT2D eigenvalue weighted by atomic mass is 10.1. The molecule has 0 atom stereocenters. The van der Waals surface area contributed by atoms with Crippen LogP contribution in [0.3, 0.4) is 0 Å². The number of hydrogen-bond donors (Lipinski definition) is 1. The number of carboxylic acid groups (broad SMARTS) is 1. The Balaban J connectivity index is 2.02. The molecular weight excluding hydrogens is 232 g/mol. The van der Waals surface area contributed by atoms with E-state index in [1.807, 2.05) is 12.1 Å². The summed E-state index contributed by atoms with van der Waals surface area (Å²) in [6, 6.07) is 10.7. The maximum atomic E-state index is 10.6. The predicted molar refractivity (Wildman–Crippen MR) is 62.0 cm³/mol. The van der Waals surface area contributed by atoms with Gasteiger partial charge in [0.2, 0.25) is 0 Å². The average molecular weight is 242 g/mol. The number of carboxylic acids is 1. The lowest BCUT2D eigenvalue weighted by Crippen LogP contribution is -1.95. The Morgan fingerprint density at radius 2 is 2.22 bits per heavy atom. The largest absolute Gasteiger partial charge is 0.476 e. The molecule has 1 aromatic carbocycles. The maximum Gasteiger partial charge on any atom is 0.358 e. The van der Waals surface area contributed by atoms with Crippen LogP contribution < -0.4 is 0 Å². The number of rotatable bonds is 4. The van der Waals surface area contributed by atoms with Crippen molar-refractivity contribution >= 4 is 5.97 Å². The van der Waals surface area contributed by atoms with Gasteiger partial charge in [0.05, 0.1) is 11.6 Å². The Labute approximate surface area is 103 Å². The number of hydrogen-bond acceptors (Lipinski definition) is 4. The summed E-state index contributed by atoms with van der Waals surface area (Å²) in [5, 5.41) is 20.9. The molecule has 2 rings (SSSR count). The van der Waals surface area contributed by atoms with E-state index in [4.69, 9.17) is 14.9 Å². The third kappa shape index (κ3) is 2.74. The molecule has 5 nitrogen and oxygen atoms in total. The van der Waals surface area contributed by atoms with E-state index >= 15 is 0 Å². The van der Waals surface area contributed by atoms with E-state index < -0.39 is 5.97 Å². The summed E-state index contributed by atoms with van der Waals surface area (Å²) >= 11 is 0. The number of carbonyl (C=O) groups is 1. The van der Waals surface area contributed by atoms with Gasteiger partial charge in [0.1, 0.15) is 5.76 Å². The van der Waals surface area contributed by atoms with Crippen molar-refractivity contribution in [1.29, 1.82) is 5.26 Å². The van der Waals surface area contributed by atoms with Gasteiger partial charge in [0.15, 0.2) is 5.69 Å². The van der Waals surface area contributed by atoms with Gasteiger partial charge in [-0.1, -0.05) is 17.3 Å². The standard InChI is InChI=1S/C13H10N2O3/c14-8-10-3-1-2-9(6-10)4-5-11-7-12(13(16)17)15-18-11/h1-3,6-7H,4-5H2,(H,16,17). The monoisotopic (exact) mass is 242 g/mol. The molecule has 0 saturated heterocycles. The van der Waals surface area contributed by atoms with E-state index in [9.17, 15) is 4.79 Å². The SMILES string of the molecule is N#Cc1cccc(CCc2cc(C(=O)O)no2)c1. The fourth-order valence-electron chi connectivity index (χ4n) is 1.60. The molecule has 0 saturated carbocycles. The van der Waals surface area contributed by atoms with Gasteiger partial charge < -0.3 is 9.63 Å². The van der Waals surface area contributed by atoms with Crippen LogP contribution in [0.5, 0.6) is 0 Å². The van der Waals surface area contributed by atoms with Crippen molar-refractivity contribution in [3.63, 3.8) is 0 Å². The quantitative estimate of drug-likeness (QED) is 0.886. The van der Waals surface area contributed by atoms with E-state index in [0.717, 1.165) is 5.56 Å². The normalized spacial score (nSPS) is 9.94. The van der Waals surface area contributed by atoms with Crippen molar-refractivity contribution in [2.45, 2.75) is 12.8 Å². The molecule has 0 radical (unpaired) electrons. The first-order valence-electron chi connectivity index (χ1n) is 5.37. The van der Waals surface area contributed by atoms with Gasteiger partial charge in [-0.15, -0.1) is 0 Å². The van der Waals surface area contributed by atoms with Crippen LogP contribution >= 0.6 is 0 Å². The third-order valence-corrected chi connectivity index (χ3v) is 2.49. The molecule has 0 aliphatic heterocycles. The van der Waals surface area contributed by atoms with Crippen molar-refractivity contribution in [1.82, 2.24) is 5.16 Å². The molecule has 5 heteroatoms. The molecule has 0 aliphatic rings. The molecule has 1 heterocycles. The lowest BCUT2D eigenvalue weighted by Gasteiger charge is -1.98. The van der Waals surface area contributed by atoms with Crippen molar-refractivity contribution in [2.24, 2.45) is 0 Å². The van der Waals surface area contributed by atoms with Crippen LogP contribution in [0.15, 0.2) is 34.9 Å². The van der Waals surface area contributed by atoms with Gasteiger partial charge in [0, 0.05) is 12.5 Å². The zero-order chi connectivity index (χ0) is 13.0.